The van der Waals surface area contributed by atoms with Gasteiger partial charge in [-0.15, -0.1) is 0 Å². The Balaban J connectivity index is -0.000000175. The van der Waals surface area contributed by atoms with Crippen LogP contribution in [0.25, 0.3) is 0 Å². The predicted molar refractivity (Wildman–Crippen MR) is 61.1 cm³/mol. The third-order valence-corrected chi connectivity index (χ3v) is 0.713. The van der Waals surface area contributed by atoms with Crippen molar-refractivity contribution < 1.29 is 0 Å². The van der Waals surface area contributed by atoms with Gasteiger partial charge in [-0.1, -0.05) is 46.4 Å². The second-order valence-electron chi connectivity index (χ2n) is 1.53. The Morgan fingerprint density at radius 1 is 1.17 bits per heavy atom. The van der Waals surface area contributed by atoms with Gasteiger partial charge in [0, 0.05) is 13.3 Å². The first kappa shape index (κ1) is 17.3. The van der Waals surface area contributed by atoms with Crippen molar-refractivity contribution in [2.75, 3.05) is 7.05 Å². The molecule has 0 heterocycles. The third-order valence-electron chi connectivity index (χ3n) is 0.713. The summed E-state index contributed by atoms with van der Waals surface area (Å²) in [6.07, 6.45) is 5.45. The maximum absolute atomic E-state index is 3.81. The van der Waals surface area contributed by atoms with Gasteiger partial charge in [0.25, 0.3) is 0 Å². The lowest BCUT2D eigenvalue weighted by molar-refractivity contribution is 1.45. The van der Waals surface area contributed by atoms with E-state index < -0.39 is 0 Å². The molecule has 0 amide bonds. The van der Waals surface area contributed by atoms with E-state index in [-0.39, 0.29) is 0 Å². The molecule has 0 spiro atoms. The van der Waals surface area contributed by atoms with Gasteiger partial charge >= 0.3 is 0 Å². The fourth-order valence-corrected chi connectivity index (χ4v) is 0.433. The lowest BCUT2D eigenvalue weighted by atomic mass is 10.3. The normalized spacial score (nSPS) is 9.33. The summed E-state index contributed by atoms with van der Waals surface area (Å²) in [5, 5.41) is 0. The number of nitrogens with zero attached hydrogens (tertiary/aromatic N) is 1. The van der Waals surface area contributed by atoms with E-state index in [0.717, 1.165) is 5.57 Å². The van der Waals surface area contributed by atoms with Crippen LogP contribution >= 0.6 is 0 Å². The van der Waals surface area contributed by atoms with Gasteiger partial charge in [-0.25, -0.2) is 0 Å². The van der Waals surface area contributed by atoms with Crippen molar-refractivity contribution in [1.29, 1.82) is 0 Å². The Bertz CT molecular complexity index is 121. The highest BCUT2D eigenvalue weighted by molar-refractivity contribution is 5.77. The number of aliphatic imine (C=N–C) groups is 1. The second kappa shape index (κ2) is 22.5. The standard InChI is InChI=1S/C7H11N.2C2H6/c1-4-5-7(2)6-8-3;2*1-2/h4-6H,1H2,2-3H3;2*1-2H3/b7-5-,8-6?;;. The first-order valence-electron chi connectivity index (χ1n) is 4.52. The highest BCUT2D eigenvalue weighted by Gasteiger charge is 1.73. The molecule has 0 bridgehead atoms. The zero-order valence-electron chi connectivity index (χ0n) is 9.39. The lowest BCUT2D eigenvalue weighted by Crippen LogP contribution is -1.73. The average molecular weight is 169 g/mol. The molecule has 0 aliphatic rings. The molecule has 0 fully saturated rings. The zero-order chi connectivity index (χ0) is 10.4. The highest BCUT2D eigenvalue weighted by Crippen LogP contribution is 1.85. The van der Waals surface area contributed by atoms with Gasteiger partial charge in [-0.2, -0.15) is 0 Å². The van der Waals surface area contributed by atoms with Crippen molar-refractivity contribution >= 4 is 6.21 Å². The number of allylic oxidation sites excluding steroid dienone is 3. The van der Waals surface area contributed by atoms with E-state index >= 15 is 0 Å². The first-order valence-corrected chi connectivity index (χ1v) is 4.52. The SMILES string of the molecule is C=C/C=C(/C)C=NC.CC.CC. The lowest BCUT2D eigenvalue weighted by Gasteiger charge is -1.81. The van der Waals surface area contributed by atoms with Crippen molar-refractivity contribution in [2.24, 2.45) is 4.99 Å². The second-order valence-corrected chi connectivity index (χ2v) is 1.53. The molecule has 0 rings (SSSR count). The summed E-state index contributed by atoms with van der Waals surface area (Å²) >= 11 is 0. The third kappa shape index (κ3) is 22.9. The van der Waals surface area contributed by atoms with Crippen LogP contribution in [0.2, 0.25) is 0 Å². The van der Waals surface area contributed by atoms with Gasteiger partial charge in [0.15, 0.2) is 0 Å². The molecule has 1 nitrogen and oxygen atoms in total. The molecule has 0 saturated heterocycles. The topological polar surface area (TPSA) is 12.4 Å². The van der Waals surface area contributed by atoms with Crippen LogP contribution in [0, 0.1) is 0 Å². The summed E-state index contributed by atoms with van der Waals surface area (Å²) in [7, 11) is 1.75. The molecule has 12 heavy (non-hydrogen) atoms. The molecule has 0 aromatic carbocycles. The van der Waals surface area contributed by atoms with E-state index in [1.807, 2.05) is 40.7 Å². The summed E-state index contributed by atoms with van der Waals surface area (Å²) in [5.74, 6) is 0. The Labute approximate surface area is 77.9 Å². The molecule has 0 N–H and O–H groups in total. The number of hydrogen-bond acceptors (Lipinski definition) is 1. The fourth-order valence-electron chi connectivity index (χ4n) is 0.433. The average Bonchev–Trinajstić information content (AvgIpc) is 2.12. The smallest absolute Gasteiger partial charge is 0.0277 e. The summed E-state index contributed by atoms with van der Waals surface area (Å²) < 4.78 is 0. The molecular formula is C11H23N. The van der Waals surface area contributed by atoms with Gasteiger partial charge in [0.2, 0.25) is 0 Å². The van der Waals surface area contributed by atoms with Crippen molar-refractivity contribution in [3.8, 4) is 0 Å². The van der Waals surface area contributed by atoms with Crippen LogP contribution in [-0.2, 0) is 0 Å². The van der Waals surface area contributed by atoms with Crippen molar-refractivity contribution in [3.05, 3.63) is 24.3 Å². The van der Waals surface area contributed by atoms with E-state index in [9.17, 15) is 0 Å². The molecule has 72 valence electrons. The summed E-state index contributed by atoms with van der Waals surface area (Å²) in [6.45, 7) is 13.5. The Morgan fingerprint density at radius 3 is 1.83 bits per heavy atom. The zero-order valence-corrected chi connectivity index (χ0v) is 9.39. The largest absolute Gasteiger partial charge is 0.296 e. The molecule has 0 aromatic rings. The molecule has 0 aliphatic carbocycles. The van der Waals surface area contributed by atoms with Gasteiger partial charge in [0.05, 0.1) is 0 Å². The molecule has 0 aromatic heterocycles. The van der Waals surface area contributed by atoms with Crippen LogP contribution in [0.4, 0.5) is 0 Å². The highest BCUT2D eigenvalue weighted by atomic mass is 14.6. The van der Waals surface area contributed by atoms with Gasteiger partial charge in [-0.05, 0) is 12.5 Å². The van der Waals surface area contributed by atoms with Crippen LogP contribution in [0.15, 0.2) is 29.3 Å². The van der Waals surface area contributed by atoms with Gasteiger partial charge in [-0.3, -0.25) is 4.99 Å². The van der Waals surface area contributed by atoms with E-state index in [1.165, 1.54) is 0 Å². The van der Waals surface area contributed by atoms with Gasteiger partial charge < -0.3 is 0 Å². The van der Waals surface area contributed by atoms with Crippen LogP contribution in [0.1, 0.15) is 34.6 Å². The Kier molecular flexibility index (Phi) is 32.4. The molecule has 0 saturated carbocycles. The Hall–Kier alpha value is -0.850. The number of hydrogen-bond donors (Lipinski definition) is 0. The van der Waals surface area contributed by atoms with Crippen molar-refractivity contribution in [1.82, 2.24) is 0 Å². The van der Waals surface area contributed by atoms with Crippen LogP contribution < -0.4 is 0 Å². The summed E-state index contributed by atoms with van der Waals surface area (Å²) in [5.41, 5.74) is 1.13. The maximum Gasteiger partial charge on any atom is 0.0277 e. The van der Waals surface area contributed by atoms with Gasteiger partial charge in [0.1, 0.15) is 0 Å². The fraction of sp³-hybridized carbons (Fsp3) is 0.545. The van der Waals surface area contributed by atoms with Crippen LogP contribution in [0.3, 0.4) is 0 Å². The minimum absolute atomic E-state index is 1.13. The summed E-state index contributed by atoms with van der Waals surface area (Å²) in [4.78, 5) is 3.81. The summed E-state index contributed by atoms with van der Waals surface area (Å²) in [6, 6.07) is 0. The minimum Gasteiger partial charge on any atom is -0.296 e. The van der Waals surface area contributed by atoms with E-state index in [2.05, 4.69) is 11.6 Å². The van der Waals surface area contributed by atoms with Crippen molar-refractivity contribution in [2.45, 2.75) is 34.6 Å². The van der Waals surface area contributed by atoms with Crippen LogP contribution in [-0.4, -0.2) is 13.3 Å². The number of rotatable bonds is 2. The monoisotopic (exact) mass is 169 g/mol. The molecule has 0 radical (unpaired) electrons. The quantitative estimate of drug-likeness (QED) is 0.439. The molecule has 0 unspecified atom stereocenters. The van der Waals surface area contributed by atoms with E-state index in [1.54, 1.807) is 19.3 Å². The van der Waals surface area contributed by atoms with E-state index in [0.29, 0.717) is 0 Å². The predicted octanol–water partition coefficient (Wildman–Crippen LogP) is 3.87. The molecule has 0 aliphatic heterocycles. The Morgan fingerprint density at radius 2 is 1.58 bits per heavy atom. The van der Waals surface area contributed by atoms with E-state index in [4.69, 9.17) is 0 Å². The van der Waals surface area contributed by atoms with Crippen molar-refractivity contribution in [3.63, 3.8) is 0 Å². The molecular weight excluding hydrogens is 146 g/mol. The first-order chi connectivity index (χ1) is 5.81. The minimum atomic E-state index is 1.13. The molecule has 1 heteroatoms. The maximum atomic E-state index is 3.81. The molecule has 0 atom stereocenters. The van der Waals surface area contributed by atoms with Crippen LogP contribution in [0.5, 0.6) is 0 Å².